The minimum atomic E-state index is 0.246. The van der Waals surface area contributed by atoms with E-state index in [4.69, 9.17) is 4.74 Å². The van der Waals surface area contributed by atoms with Gasteiger partial charge in [-0.3, -0.25) is 0 Å². The molecular weight excluding hydrogens is 751 g/mol. The van der Waals surface area contributed by atoms with Gasteiger partial charge in [0.15, 0.2) is 0 Å². The number of anilines is 3. The third-order valence-corrected chi connectivity index (χ3v) is 13.2. The summed E-state index contributed by atoms with van der Waals surface area (Å²) in [6.07, 6.45) is 18.2. The van der Waals surface area contributed by atoms with E-state index in [1.807, 2.05) is 0 Å². The molecule has 0 N–H and O–H groups in total. The highest BCUT2D eigenvalue weighted by molar-refractivity contribution is 6.06. The maximum Gasteiger partial charge on any atom is 0.143 e. The molecule has 0 fully saturated rings. The van der Waals surface area contributed by atoms with Crippen LogP contribution < -0.4 is 9.64 Å². The van der Waals surface area contributed by atoms with Crippen molar-refractivity contribution >= 4 is 27.8 Å². The van der Waals surface area contributed by atoms with Crippen LogP contribution in [0.5, 0.6) is 11.5 Å². The van der Waals surface area contributed by atoms with E-state index in [-0.39, 0.29) is 5.92 Å². The first kappa shape index (κ1) is 37.8. The Kier molecular flexibility index (Phi) is 10.2. The maximum absolute atomic E-state index is 7.35. The topological polar surface area (TPSA) is 12.5 Å². The number of hydrogen-bond acceptors (Lipinski definition) is 2. The highest BCUT2D eigenvalue weighted by atomic mass is 16.5. The van der Waals surface area contributed by atoms with Crippen LogP contribution in [0, 0.1) is 0 Å². The summed E-state index contributed by atoms with van der Waals surface area (Å²) in [6, 6.07) is 66.7. The van der Waals surface area contributed by atoms with Crippen LogP contribution in [-0.4, -0.2) is 0 Å². The first-order valence-corrected chi connectivity index (χ1v) is 22.3. The van der Waals surface area contributed by atoms with E-state index >= 15 is 0 Å². The standard InChI is InChI=1S/C60H49NO/c1-5-15-42(16-6-1)41-57(47-21-11-4-12-22-47)56-40-33-49-23-13-25-54-55-26-14-24-53(59(55)62-60(56)58(49)54)48-31-38-52(39-32-48)61(50-34-27-45(28-35-50)43-17-7-2-8-18-43)51-36-29-46(30-37-51)44-19-9-3-10-20-44/h1-3,5-10,13-19,21,23-40,44,57H,4,11-12,20,22,41H2. The van der Waals surface area contributed by atoms with Crippen LogP contribution in [0.25, 0.3) is 44.2 Å². The van der Waals surface area contributed by atoms with Gasteiger partial charge in [-0.1, -0.05) is 182 Å². The van der Waals surface area contributed by atoms with Crippen LogP contribution in [0.15, 0.2) is 218 Å². The van der Waals surface area contributed by atoms with Crippen LogP contribution >= 0.6 is 0 Å². The lowest BCUT2D eigenvalue weighted by Crippen LogP contribution is -2.12. The molecule has 1 heterocycles. The van der Waals surface area contributed by atoms with Gasteiger partial charge in [-0.25, -0.2) is 0 Å². The molecule has 0 saturated heterocycles. The van der Waals surface area contributed by atoms with Crippen LogP contribution in [0.1, 0.15) is 60.6 Å². The number of hydrogen-bond donors (Lipinski definition) is 0. The minimum Gasteiger partial charge on any atom is -0.455 e. The summed E-state index contributed by atoms with van der Waals surface area (Å²) < 4.78 is 7.35. The quantitative estimate of drug-likeness (QED) is 0.128. The minimum absolute atomic E-state index is 0.246. The molecule has 0 aromatic heterocycles. The molecule has 2 nitrogen and oxygen atoms in total. The third kappa shape index (κ3) is 7.26. The number of rotatable bonds is 10. The lowest BCUT2D eigenvalue weighted by molar-refractivity contribution is 0.476. The Hall–Kier alpha value is -7.16. The van der Waals surface area contributed by atoms with Crippen molar-refractivity contribution < 1.29 is 4.74 Å². The van der Waals surface area contributed by atoms with Gasteiger partial charge >= 0.3 is 0 Å². The van der Waals surface area contributed by atoms with Gasteiger partial charge in [0, 0.05) is 51.0 Å². The Balaban J connectivity index is 0.977. The monoisotopic (exact) mass is 799 g/mol. The van der Waals surface area contributed by atoms with Crippen molar-refractivity contribution in [2.24, 2.45) is 0 Å². The Morgan fingerprint density at radius 1 is 0.532 bits per heavy atom. The summed E-state index contributed by atoms with van der Waals surface area (Å²) in [6.45, 7) is 0. The van der Waals surface area contributed by atoms with Gasteiger partial charge in [-0.2, -0.15) is 0 Å². The molecule has 8 aromatic carbocycles. The van der Waals surface area contributed by atoms with Crippen LogP contribution in [0.2, 0.25) is 0 Å². The number of allylic oxidation sites excluding steroid dienone is 6. The lowest BCUT2D eigenvalue weighted by Gasteiger charge is -2.30. The molecule has 3 aliphatic rings. The van der Waals surface area contributed by atoms with Gasteiger partial charge in [0.1, 0.15) is 11.5 Å². The van der Waals surface area contributed by atoms with Crippen LogP contribution in [0.4, 0.5) is 17.1 Å². The molecule has 0 radical (unpaired) electrons. The highest BCUT2D eigenvalue weighted by Gasteiger charge is 2.30. The van der Waals surface area contributed by atoms with Crippen molar-refractivity contribution in [1.29, 1.82) is 0 Å². The molecule has 62 heavy (non-hydrogen) atoms. The van der Waals surface area contributed by atoms with Crippen molar-refractivity contribution in [2.45, 2.75) is 50.4 Å². The molecule has 2 atom stereocenters. The molecule has 2 unspecified atom stereocenters. The van der Waals surface area contributed by atoms with Crippen molar-refractivity contribution in [2.75, 3.05) is 4.90 Å². The summed E-state index contributed by atoms with van der Waals surface area (Å²) in [7, 11) is 0. The Labute approximate surface area is 365 Å². The second-order valence-corrected chi connectivity index (χ2v) is 17.0. The molecule has 2 heteroatoms. The number of nitrogens with zero attached hydrogens (tertiary/aromatic N) is 1. The van der Waals surface area contributed by atoms with Crippen LogP contribution in [0.3, 0.4) is 0 Å². The van der Waals surface area contributed by atoms with Gasteiger partial charge < -0.3 is 9.64 Å². The zero-order chi connectivity index (χ0) is 41.2. The number of para-hydroxylation sites is 1. The summed E-state index contributed by atoms with van der Waals surface area (Å²) in [5.41, 5.74) is 15.9. The molecule has 0 amide bonds. The first-order valence-electron chi connectivity index (χ1n) is 22.3. The predicted molar refractivity (Wildman–Crippen MR) is 260 cm³/mol. The smallest absolute Gasteiger partial charge is 0.143 e. The molecule has 300 valence electrons. The second kappa shape index (κ2) is 16.7. The second-order valence-electron chi connectivity index (χ2n) is 17.0. The molecule has 2 aliphatic carbocycles. The Morgan fingerprint density at radius 2 is 1.19 bits per heavy atom. The molecule has 0 bridgehead atoms. The molecule has 11 rings (SSSR count). The van der Waals surface area contributed by atoms with Gasteiger partial charge in [-0.15, -0.1) is 0 Å². The van der Waals surface area contributed by atoms with E-state index in [0.717, 1.165) is 70.9 Å². The van der Waals surface area contributed by atoms with Crippen LogP contribution in [-0.2, 0) is 6.42 Å². The zero-order valence-electron chi connectivity index (χ0n) is 35.0. The van der Waals surface area contributed by atoms with E-state index in [2.05, 4.69) is 217 Å². The highest BCUT2D eigenvalue weighted by Crippen LogP contribution is 2.54. The lowest BCUT2D eigenvalue weighted by atomic mass is 9.79. The van der Waals surface area contributed by atoms with E-state index in [1.54, 1.807) is 5.57 Å². The van der Waals surface area contributed by atoms with E-state index in [9.17, 15) is 0 Å². The van der Waals surface area contributed by atoms with Crippen molar-refractivity contribution in [1.82, 2.24) is 0 Å². The van der Waals surface area contributed by atoms with Gasteiger partial charge in [0.25, 0.3) is 0 Å². The average Bonchev–Trinajstić information content (AvgIpc) is 3.35. The normalized spacial score (nSPS) is 15.7. The predicted octanol–water partition coefficient (Wildman–Crippen LogP) is 16.8. The maximum atomic E-state index is 7.35. The van der Waals surface area contributed by atoms with E-state index < -0.39 is 0 Å². The molecule has 8 aromatic rings. The van der Waals surface area contributed by atoms with E-state index in [0.29, 0.717) is 5.92 Å². The largest absolute Gasteiger partial charge is 0.455 e. The number of ether oxygens (including phenoxy) is 1. The average molecular weight is 800 g/mol. The van der Waals surface area contributed by atoms with Crippen molar-refractivity contribution in [3.63, 3.8) is 0 Å². The van der Waals surface area contributed by atoms with E-state index in [1.165, 1.54) is 57.0 Å². The van der Waals surface area contributed by atoms with Gasteiger partial charge in [0.05, 0.1) is 0 Å². The zero-order valence-corrected chi connectivity index (χ0v) is 35.0. The summed E-state index contributed by atoms with van der Waals surface area (Å²) in [5, 5.41) is 2.44. The fourth-order valence-corrected chi connectivity index (χ4v) is 10.00. The first-order chi connectivity index (χ1) is 30.7. The van der Waals surface area contributed by atoms with Crippen molar-refractivity contribution in [3.8, 4) is 44.9 Å². The molecule has 0 saturated carbocycles. The Morgan fingerprint density at radius 3 is 1.90 bits per heavy atom. The van der Waals surface area contributed by atoms with Crippen molar-refractivity contribution in [3.05, 3.63) is 235 Å². The summed E-state index contributed by atoms with van der Waals surface area (Å²) in [4.78, 5) is 2.37. The van der Waals surface area contributed by atoms with Gasteiger partial charge in [0.2, 0.25) is 0 Å². The third-order valence-electron chi connectivity index (χ3n) is 13.2. The fraction of sp³-hybridized carbons (Fsp3) is 0.133. The molecule has 0 spiro atoms. The van der Waals surface area contributed by atoms with Gasteiger partial charge in [-0.05, 0) is 114 Å². The Bertz CT molecular complexity index is 2960. The summed E-state index contributed by atoms with van der Waals surface area (Å²) in [5.74, 6) is 2.59. The molecular formula is C60H49NO. The number of fused-ring (bicyclic) bond motifs is 2. The molecule has 1 aliphatic heterocycles. The summed E-state index contributed by atoms with van der Waals surface area (Å²) >= 11 is 0. The number of benzene rings is 8. The fourth-order valence-electron chi connectivity index (χ4n) is 10.00. The SMILES string of the molecule is C1=CCC(c2ccc(N(c3ccc(-c4ccccc4)cc3)c3ccc(-c4cccc5c4Oc4c(C(Cc6ccccc6)C6=CCCCC6)ccc6cccc-5c46)cc3)cc2)C=C1.